The van der Waals surface area contributed by atoms with Crippen LogP contribution in [0.3, 0.4) is 0 Å². The predicted octanol–water partition coefficient (Wildman–Crippen LogP) is 4.38. The van der Waals surface area contributed by atoms with Crippen molar-refractivity contribution in [3.63, 3.8) is 0 Å². The Morgan fingerprint density at radius 3 is 2.48 bits per heavy atom. The molecule has 0 amide bonds. The van der Waals surface area contributed by atoms with E-state index in [1.54, 1.807) is 12.1 Å². The fourth-order valence-corrected chi connectivity index (χ4v) is 3.50. The third-order valence-corrected chi connectivity index (χ3v) is 4.66. The second-order valence-corrected chi connectivity index (χ2v) is 6.45. The van der Waals surface area contributed by atoms with Gasteiger partial charge in [-0.05, 0) is 23.3 Å². The number of fused-ring (bicyclic) bond motifs is 3. The molecule has 134 valence electrons. The van der Waals surface area contributed by atoms with Crippen LogP contribution in [-0.4, -0.2) is 20.6 Å². The summed E-state index contributed by atoms with van der Waals surface area (Å²) < 4.78 is 2.08. The number of aromatic nitrogens is 1. The largest absolute Gasteiger partial charge is 0.481 e. The average Bonchev–Trinajstić information content (AvgIpc) is 2.95. The summed E-state index contributed by atoms with van der Waals surface area (Å²) in [6, 6.07) is 20.2. The molecular formula is C21H16N2O4. The smallest absolute Gasteiger partial charge is 0.307 e. The van der Waals surface area contributed by atoms with Gasteiger partial charge in [0.25, 0.3) is 5.69 Å². The molecule has 1 N–H and O–H groups in total. The van der Waals surface area contributed by atoms with Crippen molar-refractivity contribution in [1.82, 2.24) is 4.57 Å². The Hall–Kier alpha value is -3.67. The number of nitro groups is 1. The Bertz CT molecular complexity index is 1190. The van der Waals surface area contributed by atoms with Gasteiger partial charge in [0.2, 0.25) is 0 Å². The van der Waals surface area contributed by atoms with Crippen LogP contribution in [0, 0.1) is 10.1 Å². The van der Waals surface area contributed by atoms with Gasteiger partial charge in [-0.3, -0.25) is 14.9 Å². The van der Waals surface area contributed by atoms with Crippen LogP contribution < -0.4 is 0 Å². The van der Waals surface area contributed by atoms with E-state index in [9.17, 15) is 14.9 Å². The Kier molecular flexibility index (Phi) is 4.08. The number of nitrogens with zero attached hydrogens (tertiary/aromatic N) is 2. The summed E-state index contributed by atoms with van der Waals surface area (Å²) in [4.78, 5) is 21.8. The highest BCUT2D eigenvalue weighted by Gasteiger charge is 2.13. The van der Waals surface area contributed by atoms with Crippen LogP contribution in [-0.2, 0) is 17.8 Å². The first-order valence-electron chi connectivity index (χ1n) is 8.48. The molecule has 0 aliphatic carbocycles. The summed E-state index contributed by atoms with van der Waals surface area (Å²) in [6.45, 7) is 0.461. The molecule has 1 aromatic heterocycles. The van der Waals surface area contributed by atoms with Crippen molar-refractivity contribution in [2.45, 2.75) is 13.0 Å². The van der Waals surface area contributed by atoms with Crippen molar-refractivity contribution in [3.8, 4) is 0 Å². The Morgan fingerprint density at radius 1 is 0.926 bits per heavy atom. The molecule has 0 bridgehead atoms. The lowest BCUT2D eigenvalue weighted by molar-refractivity contribution is -0.384. The number of hydrogen-bond acceptors (Lipinski definition) is 3. The third-order valence-electron chi connectivity index (χ3n) is 4.66. The third kappa shape index (κ3) is 3.13. The lowest BCUT2D eigenvalue weighted by Gasteiger charge is -2.08. The molecule has 6 nitrogen and oxygen atoms in total. The molecule has 0 radical (unpaired) electrons. The van der Waals surface area contributed by atoms with Gasteiger partial charge in [0, 0.05) is 40.5 Å². The number of carboxylic acid groups (broad SMARTS) is 1. The number of nitro benzene ring substituents is 1. The predicted molar refractivity (Wildman–Crippen MR) is 103 cm³/mol. The molecule has 0 fully saturated rings. The van der Waals surface area contributed by atoms with Gasteiger partial charge < -0.3 is 9.67 Å². The van der Waals surface area contributed by atoms with Crippen molar-refractivity contribution >= 4 is 33.5 Å². The first kappa shape index (κ1) is 16.8. The fraction of sp³-hybridized carbons (Fsp3) is 0.0952. The standard InChI is InChI=1S/C21H16N2O4/c24-21(25)12-14-8-9-18-17-6-1-2-7-19(17)22(20(18)11-14)13-15-4-3-5-16(10-15)23(26)27/h1-11H,12-13H2,(H,24,25). The first-order valence-corrected chi connectivity index (χ1v) is 8.48. The lowest BCUT2D eigenvalue weighted by Crippen LogP contribution is -2.02. The van der Waals surface area contributed by atoms with Crippen molar-refractivity contribution < 1.29 is 14.8 Å². The number of carboxylic acids is 1. The van der Waals surface area contributed by atoms with Gasteiger partial charge in [-0.25, -0.2) is 0 Å². The van der Waals surface area contributed by atoms with E-state index < -0.39 is 10.9 Å². The second-order valence-electron chi connectivity index (χ2n) is 6.45. The number of rotatable bonds is 5. The van der Waals surface area contributed by atoms with Crippen LogP contribution in [0.5, 0.6) is 0 Å². The molecule has 0 aliphatic rings. The summed E-state index contributed by atoms with van der Waals surface area (Å²) >= 11 is 0. The minimum atomic E-state index is -0.879. The molecule has 4 aromatic rings. The number of aliphatic carboxylic acids is 1. The van der Waals surface area contributed by atoms with Crippen molar-refractivity contribution in [3.05, 3.63) is 88.0 Å². The van der Waals surface area contributed by atoms with Gasteiger partial charge in [-0.2, -0.15) is 0 Å². The fourth-order valence-electron chi connectivity index (χ4n) is 3.50. The summed E-state index contributed by atoms with van der Waals surface area (Å²) in [5, 5.41) is 22.3. The van der Waals surface area contributed by atoms with Gasteiger partial charge in [-0.15, -0.1) is 0 Å². The number of carbonyl (C=O) groups is 1. The van der Waals surface area contributed by atoms with Crippen molar-refractivity contribution in [2.24, 2.45) is 0 Å². The summed E-state index contributed by atoms with van der Waals surface area (Å²) in [5.74, 6) is -0.879. The van der Waals surface area contributed by atoms with Gasteiger partial charge in [0.15, 0.2) is 0 Å². The first-order chi connectivity index (χ1) is 13.0. The number of hydrogen-bond donors (Lipinski definition) is 1. The van der Waals surface area contributed by atoms with E-state index in [1.807, 2.05) is 48.5 Å². The zero-order valence-corrected chi connectivity index (χ0v) is 14.3. The zero-order valence-electron chi connectivity index (χ0n) is 14.3. The highest BCUT2D eigenvalue weighted by molar-refractivity contribution is 6.08. The van der Waals surface area contributed by atoms with E-state index in [4.69, 9.17) is 5.11 Å². The average molecular weight is 360 g/mol. The minimum absolute atomic E-state index is 0.0473. The molecule has 3 aromatic carbocycles. The SMILES string of the molecule is O=C(O)Cc1ccc2c3ccccc3n(Cc3cccc([N+](=O)[O-])c3)c2c1. The number of para-hydroxylation sites is 1. The van der Waals surface area contributed by atoms with Crippen LogP contribution >= 0.6 is 0 Å². The van der Waals surface area contributed by atoms with Gasteiger partial charge in [0.1, 0.15) is 0 Å². The molecular weight excluding hydrogens is 344 g/mol. The van der Waals surface area contributed by atoms with Crippen LogP contribution in [0.4, 0.5) is 5.69 Å². The van der Waals surface area contributed by atoms with Crippen LogP contribution in [0.15, 0.2) is 66.7 Å². The number of non-ortho nitro benzene ring substituents is 1. The van der Waals surface area contributed by atoms with Crippen molar-refractivity contribution in [2.75, 3.05) is 0 Å². The van der Waals surface area contributed by atoms with E-state index in [0.29, 0.717) is 6.54 Å². The van der Waals surface area contributed by atoms with E-state index >= 15 is 0 Å². The minimum Gasteiger partial charge on any atom is -0.481 e. The van der Waals surface area contributed by atoms with Crippen LogP contribution in [0.2, 0.25) is 0 Å². The van der Waals surface area contributed by atoms with E-state index in [1.165, 1.54) is 6.07 Å². The normalized spacial score (nSPS) is 11.1. The molecule has 27 heavy (non-hydrogen) atoms. The zero-order chi connectivity index (χ0) is 19.0. The van der Waals surface area contributed by atoms with Gasteiger partial charge in [0.05, 0.1) is 11.3 Å². The topological polar surface area (TPSA) is 85.4 Å². The van der Waals surface area contributed by atoms with E-state index in [2.05, 4.69) is 4.57 Å². The molecule has 0 unspecified atom stereocenters. The highest BCUT2D eigenvalue weighted by atomic mass is 16.6. The molecule has 0 saturated heterocycles. The molecule has 4 rings (SSSR count). The van der Waals surface area contributed by atoms with Crippen LogP contribution in [0.1, 0.15) is 11.1 Å². The molecule has 1 heterocycles. The molecule has 6 heteroatoms. The summed E-state index contributed by atoms with van der Waals surface area (Å²) in [6.07, 6.45) is -0.0473. The van der Waals surface area contributed by atoms with E-state index in [0.717, 1.165) is 32.9 Å². The maximum Gasteiger partial charge on any atom is 0.307 e. The van der Waals surface area contributed by atoms with Crippen molar-refractivity contribution in [1.29, 1.82) is 0 Å². The second kappa shape index (κ2) is 6.57. The molecule has 0 saturated carbocycles. The maximum absolute atomic E-state index is 11.1. The Morgan fingerprint density at radius 2 is 1.70 bits per heavy atom. The van der Waals surface area contributed by atoms with Gasteiger partial charge >= 0.3 is 5.97 Å². The monoisotopic (exact) mass is 360 g/mol. The summed E-state index contributed by atoms with van der Waals surface area (Å²) in [5.41, 5.74) is 3.52. The molecule has 0 atom stereocenters. The Labute approximate surface area is 154 Å². The Balaban J connectivity index is 1.89. The number of benzene rings is 3. The quantitative estimate of drug-likeness (QED) is 0.423. The van der Waals surface area contributed by atoms with Crippen LogP contribution in [0.25, 0.3) is 21.8 Å². The molecule has 0 spiro atoms. The lowest BCUT2D eigenvalue weighted by atomic mass is 10.1. The maximum atomic E-state index is 11.1. The van der Waals surface area contributed by atoms with E-state index in [-0.39, 0.29) is 12.1 Å². The molecule has 0 aliphatic heterocycles. The summed E-state index contributed by atoms with van der Waals surface area (Å²) in [7, 11) is 0. The highest BCUT2D eigenvalue weighted by Crippen LogP contribution is 2.31. The van der Waals surface area contributed by atoms with Gasteiger partial charge in [-0.1, -0.05) is 42.5 Å².